The second kappa shape index (κ2) is 12.8. The van der Waals surface area contributed by atoms with Crippen LogP contribution in [0.5, 0.6) is 0 Å². The maximum Gasteiger partial charge on any atom is 0.416 e. The average molecular weight is 593 g/mol. The lowest BCUT2D eigenvalue weighted by Crippen LogP contribution is -2.45. The molecule has 2 aromatic carbocycles. The van der Waals surface area contributed by atoms with Crippen LogP contribution in [0, 0.1) is 5.92 Å². The van der Waals surface area contributed by atoms with Crippen molar-refractivity contribution in [2.75, 3.05) is 31.1 Å². The van der Waals surface area contributed by atoms with Gasteiger partial charge in [0.2, 0.25) is 11.8 Å². The number of carbonyl (C=O) groups excluding carboxylic acids is 2. The molecule has 0 saturated carbocycles. The number of amides is 2. The van der Waals surface area contributed by atoms with Gasteiger partial charge in [-0.05, 0) is 68.1 Å². The summed E-state index contributed by atoms with van der Waals surface area (Å²) in [5, 5.41) is 12.6. The quantitative estimate of drug-likeness (QED) is 0.282. The van der Waals surface area contributed by atoms with Crippen molar-refractivity contribution in [2.45, 2.75) is 45.8 Å². The Kier molecular flexibility index (Phi) is 8.98. The van der Waals surface area contributed by atoms with Gasteiger partial charge in [-0.2, -0.15) is 13.2 Å². The number of fused-ring (bicyclic) bond motifs is 1. The SMILES string of the molecule is CCN(CC)C(=O)C1CCCN(c2ccc(-n3cc(CC(=O)NCc4cccc(C(F)(F)F)c4)c4ccccc43)nn2)C1. The van der Waals surface area contributed by atoms with Crippen LogP contribution >= 0.6 is 0 Å². The first-order valence-electron chi connectivity index (χ1n) is 14.6. The van der Waals surface area contributed by atoms with E-state index in [1.807, 2.05) is 65.9 Å². The summed E-state index contributed by atoms with van der Waals surface area (Å²) < 4.78 is 41.0. The lowest BCUT2D eigenvalue weighted by molar-refractivity contribution is -0.137. The number of carbonyl (C=O) groups is 2. The minimum Gasteiger partial charge on any atom is -0.354 e. The van der Waals surface area contributed by atoms with Gasteiger partial charge in [0.15, 0.2) is 11.6 Å². The van der Waals surface area contributed by atoms with Crippen LogP contribution in [-0.4, -0.2) is 57.7 Å². The molecular weight excluding hydrogens is 557 g/mol. The van der Waals surface area contributed by atoms with E-state index in [1.165, 1.54) is 6.07 Å². The third kappa shape index (κ3) is 6.81. The fourth-order valence-corrected chi connectivity index (χ4v) is 5.67. The summed E-state index contributed by atoms with van der Waals surface area (Å²) in [7, 11) is 0. The number of hydrogen-bond donors (Lipinski definition) is 1. The number of alkyl halides is 3. The minimum absolute atomic E-state index is 0.00773. The van der Waals surface area contributed by atoms with Gasteiger partial charge in [-0.25, -0.2) is 0 Å². The summed E-state index contributed by atoms with van der Waals surface area (Å²) in [5.74, 6) is 1.12. The van der Waals surface area contributed by atoms with Crippen LogP contribution in [0.2, 0.25) is 0 Å². The Bertz CT molecular complexity index is 1580. The molecule has 43 heavy (non-hydrogen) atoms. The van der Waals surface area contributed by atoms with E-state index in [4.69, 9.17) is 0 Å². The van der Waals surface area contributed by atoms with Crippen molar-refractivity contribution in [3.8, 4) is 5.82 Å². The lowest BCUT2D eigenvalue weighted by Gasteiger charge is -2.34. The molecule has 2 aromatic heterocycles. The lowest BCUT2D eigenvalue weighted by atomic mass is 9.96. The standard InChI is InChI=1S/C32H35F3N6O2/c1-3-39(4-2)31(43)23-10-8-16-40(20-23)28-14-15-29(38-37-28)41-21-24(26-12-5-6-13-27(26)41)18-30(42)36-19-22-9-7-11-25(17-22)32(33,34)35/h5-7,9,11-15,17,21,23H,3-4,8,10,16,18-20H2,1-2H3,(H,36,42). The fraction of sp³-hybridized carbons (Fsp3) is 0.375. The molecule has 226 valence electrons. The molecule has 3 heterocycles. The first kappa shape index (κ1) is 30.1. The van der Waals surface area contributed by atoms with E-state index >= 15 is 0 Å². The zero-order valence-electron chi connectivity index (χ0n) is 24.3. The van der Waals surface area contributed by atoms with Crippen LogP contribution in [0.1, 0.15) is 43.4 Å². The van der Waals surface area contributed by atoms with Gasteiger partial charge >= 0.3 is 6.18 Å². The van der Waals surface area contributed by atoms with Crippen molar-refractivity contribution in [3.05, 3.63) is 83.6 Å². The van der Waals surface area contributed by atoms with Gasteiger partial charge in [-0.3, -0.25) is 14.2 Å². The van der Waals surface area contributed by atoms with Crippen LogP contribution in [-0.2, 0) is 28.7 Å². The summed E-state index contributed by atoms with van der Waals surface area (Å²) in [5.41, 5.74) is 1.24. The second-order valence-electron chi connectivity index (χ2n) is 10.7. The van der Waals surface area contributed by atoms with E-state index in [9.17, 15) is 22.8 Å². The Hall–Kier alpha value is -4.41. The van der Waals surface area contributed by atoms with E-state index in [0.29, 0.717) is 36.8 Å². The number of anilines is 1. The van der Waals surface area contributed by atoms with Gasteiger partial charge in [0.25, 0.3) is 0 Å². The molecule has 0 bridgehead atoms. The number of piperidine rings is 1. The molecule has 8 nitrogen and oxygen atoms in total. The Morgan fingerprint density at radius 3 is 2.47 bits per heavy atom. The Balaban J connectivity index is 1.29. The fourth-order valence-electron chi connectivity index (χ4n) is 5.67. The molecule has 1 saturated heterocycles. The third-order valence-corrected chi connectivity index (χ3v) is 7.94. The van der Waals surface area contributed by atoms with Crippen molar-refractivity contribution in [1.29, 1.82) is 0 Å². The first-order valence-corrected chi connectivity index (χ1v) is 14.6. The van der Waals surface area contributed by atoms with E-state index < -0.39 is 11.7 Å². The number of aromatic nitrogens is 3. The Labute approximate surface area is 248 Å². The molecule has 1 unspecified atom stereocenters. The molecule has 1 fully saturated rings. The normalized spacial score (nSPS) is 15.5. The smallest absolute Gasteiger partial charge is 0.354 e. The summed E-state index contributed by atoms with van der Waals surface area (Å²) in [6, 6.07) is 16.4. The highest BCUT2D eigenvalue weighted by molar-refractivity contribution is 5.90. The maximum absolute atomic E-state index is 13.0. The van der Waals surface area contributed by atoms with Crippen LogP contribution in [0.15, 0.2) is 66.9 Å². The van der Waals surface area contributed by atoms with Gasteiger partial charge in [0, 0.05) is 44.3 Å². The van der Waals surface area contributed by atoms with Gasteiger partial charge < -0.3 is 15.1 Å². The summed E-state index contributed by atoms with van der Waals surface area (Å²) in [6.45, 7) is 6.80. The summed E-state index contributed by atoms with van der Waals surface area (Å²) >= 11 is 0. The van der Waals surface area contributed by atoms with E-state index in [1.54, 1.807) is 6.07 Å². The first-order chi connectivity index (χ1) is 20.7. The molecule has 0 aliphatic carbocycles. The predicted molar refractivity (Wildman–Crippen MR) is 159 cm³/mol. The third-order valence-electron chi connectivity index (χ3n) is 7.94. The Morgan fingerprint density at radius 1 is 1.00 bits per heavy atom. The molecule has 2 amide bonds. The number of para-hydroxylation sites is 1. The summed E-state index contributed by atoms with van der Waals surface area (Å²) in [4.78, 5) is 29.8. The zero-order valence-corrected chi connectivity index (χ0v) is 24.3. The van der Waals surface area contributed by atoms with Gasteiger partial charge in [-0.1, -0.05) is 30.3 Å². The van der Waals surface area contributed by atoms with Gasteiger partial charge in [0.1, 0.15) is 0 Å². The van der Waals surface area contributed by atoms with Crippen LogP contribution in [0.25, 0.3) is 16.7 Å². The van der Waals surface area contributed by atoms with E-state index in [-0.39, 0.29) is 30.7 Å². The number of nitrogens with zero attached hydrogens (tertiary/aromatic N) is 5. The molecule has 1 atom stereocenters. The summed E-state index contributed by atoms with van der Waals surface area (Å²) in [6.07, 6.45) is -0.777. The van der Waals surface area contributed by atoms with Crippen molar-refractivity contribution in [3.63, 3.8) is 0 Å². The van der Waals surface area contributed by atoms with Crippen molar-refractivity contribution in [2.24, 2.45) is 5.92 Å². The Morgan fingerprint density at radius 2 is 1.74 bits per heavy atom. The number of benzene rings is 2. The largest absolute Gasteiger partial charge is 0.416 e. The van der Waals surface area contributed by atoms with Crippen LogP contribution in [0.4, 0.5) is 19.0 Å². The molecule has 1 N–H and O–H groups in total. The molecule has 11 heteroatoms. The number of nitrogens with one attached hydrogen (secondary N) is 1. The number of halogens is 3. The van der Waals surface area contributed by atoms with Gasteiger partial charge in [0.05, 0.1) is 23.4 Å². The average Bonchev–Trinajstić information content (AvgIpc) is 3.38. The highest BCUT2D eigenvalue weighted by Gasteiger charge is 2.31. The van der Waals surface area contributed by atoms with Crippen LogP contribution < -0.4 is 10.2 Å². The van der Waals surface area contributed by atoms with E-state index in [2.05, 4.69) is 20.4 Å². The molecule has 0 spiro atoms. The highest BCUT2D eigenvalue weighted by atomic mass is 19.4. The topological polar surface area (TPSA) is 83.4 Å². The van der Waals surface area contributed by atoms with E-state index in [0.717, 1.165) is 48.0 Å². The monoisotopic (exact) mass is 592 g/mol. The zero-order chi connectivity index (χ0) is 30.6. The molecule has 5 rings (SSSR count). The predicted octanol–water partition coefficient (Wildman–Crippen LogP) is 5.38. The molecule has 0 radical (unpaired) electrons. The van der Waals surface area contributed by atoms with Crippen molar-refractivity contribution >= 4 is 28.5 Å². The highest BCUT2D eigenvalue weighted by Crippen LogP contribution is 2.30. The number of hydrogen-bond acceptors (Lipinski definition) is 5. The molecular formula is C32H35F3N6O2. The molecule has 1 aliphatic heterocycles. The van der Waals surface area contributed by atoms with Crippen molar-refractivity contribution in [1.82, 2.24) is 25.0 Å². The maximum atomic E-state index is 13.0. The van der Waals surface area contributed by atoms with Gasteiger partial charge in [-0.15, -0.1) is 10.2 Å². The minimum atomic E-state index is -4.44. The van der Waals surface area contributed by atoms with Crippen LogP contribution in [0.3, 0.4) is 0 Å². The number of rotatable bonds is 9. The van der Waals surface area contributed by atoms with Crippen molar-refractivity contribution < 1.29 is 22.8 Å². The molecule has 4 aromatic rings. The second-order valence-corrected chi connectivity index (χ2v) is 10.7. The molecule has 1 aliphatic rings.